The van der Waals surface area contributed by atoms with Crippen molar-refractivity contribution in [1.82, 2.24) is 14.5 Å². The molecule has 7 nitrogen and oxygen atoms in total. The lowest BCUT2D eigenvalue weighted by Gasteiger charge is -2.24. The fraction of sp³-hybridized carbons (Fsp3) is 0.389. The predicted molar refractivity (Wildman–Crippen MR) is 94.6 cm³/mol. The summed E-state index contributed by atoms with van der Waals surface area (Å²) >= 11 is 0. The summed E-state index contributed by atoms with van der Waals surface area (Å²) in [6, 6.07) is 4.39. The summed E-state index contributed by atoms with van der Waals surface area (Å²) < 4.78 is 39.8. The van der Waals surface area contributed by atoms with Crippen molar-refractivity contribution in [2.75, 3.05) is 0 Å². The maximum atomic E-state index is 12.6. The number of hydrogen-bond donors (Lipinski definition) is 2. The first-order valence-electron chi connectivity index (χ1n) is 8.45. The first-order valence-corrected chi connectivity index (χ1v) is 8.45. The Morgan fingerprint density at radius 1 is 1.18 bits per heavy atom. The third-order valence-corrected chi connectivity index (χ3v) is 4.32. The van der Waals surface area contributed by atoms with Gasteiger partial charge in [0.1, 0.15) is 6.54 Å². The fourth-order valence-electron chi connectivity index (χ4n) is 2.65. The standard InChI is InChI=1S/C18H20F3N3O4/c1-3-13(16(27)11-4-6-12(7-5-11)18(19,20)21)22-14(25)10-24-9-8-15(26)23(2)17(24)28/h4-9,13,16,27H,3,10H2,1-2H3,(H,22,25). The molecule has 1 amide bonds. The fourth-order valence-corrected chi connectivity index (χ4v) is 2.65. The molecule has 0 spiro atoms. The van der Waals surface area contributed by atoms with E-state index in [4.69, 9.17) is 0 Å². The van der Waals surface area contributed by atoms with Crippen LogP contribution in [0, 0.1) is 0 Å². The van der Waals surface area contributed by atoms with Crippen LogP contribution in [0.5, 0.6) is 0 Å². The molecule has 2 aromatic rings. The Morgan fingerprint density at radius 3 is 2.32 bits per heavy atom. The van der Waals surface area contributed by atoms with E-state index in [2.05, 4.69) is 5.32 Å². The molecule has 0 fully saturated rings. The number of hydrogen-bond acceptors (Lipinski definition) is 4. The molecule has 10 heteroatoms. The molecule has 0 radical (unpaired) electrons. The average Bonchev–Trinajstić information content (AvgIpc) is 2.65. The number of aliphatic hydroxyl groups excluding tert-OH is 1. The quantitative estimate of drug-likeness (QED) is 0.763. The highest BCUT2D eigenvalue weighted by Crippen LogP contribution is 2.30. The third kappa shape index (κ3) is 4.89. The van der Waals surface area contributed by atoms with Gasteiger partial charge in [0.2, 0.25) is 5.91 Å². The Bertz CT molecular complexity index is 948. The molecule has 0 saturated carbocycles. The summed E-state index contributed by atoms with van der Waals surface area (Å²) in [5, 5.41) is 13.0. The van der Waals surface area contributed by atoms with Gasteiger partial charge in [-0.2, -0.15) is 13.2 Å². The van der Waals surface area contributed by atoms with Crippen molar-refractivity contribution in [2.45, 2.75) is 38.2 Å². The number of aliphatic hydroxyl groups is 1. The Balaban J connectivity index is 2.10. The molecule has 0 saturated heterocycles. The van der Waals surface area contributed by atoms with Crippen LogP contribution in [0.1, 0.15) is 30.6 Å². The lowest BCUT2D eigenvalue weighted by atomic mass is 9.99. The Hall–Kier alpha value is -2.88. The second-order valence-corrected chi connectivity index (χ2v) is 6.27. The van der Waals surface area contributed by atoms with E-state index < -0.39 is 41.0 Å². The van der Waals surface area contributed by atoms with Gasteiger partial charge in [0.25, 0.3) is 5.56 Å². The van der Waals surface area contributed by atoms with E-state index in [1.165, 1.54) is 13.2 Å². The molecule has 0 aliphatic carbocycles. The van der Waals surface area contributed by atoms with Gasteiger partial charge in [0.05, 0.1) is 17.7 Å². The van der Waals surface area contributed by atoms with Crippen molar-refractivity contribution in [3.05, 3.63) is 68.5 Å². The van der Waals surface area contributed by atoms with Gasteiger partial charge in [-0.25, -0.2) is 4.79 Å². The number of carbonyl (C=O) groups excluding carboxylic acids is 1. The van der Waals surface area contributed by atoms with Crippen LogP contribution in [0.25, 0.3) is 0 Å². The van der Waals surface area contributed by atoms with E-state index in [9.17, 15) is 32.7 Å². The van der Waals surface area contributed by atoms with Crippen molar-refractivity contribution >= 4 is 5.91 Å². The minimum atomic E-state index is -4.48. The van der Waals surface area contributed by atoms with Crippen LogP contribution < -0.4 is 16.6 Å². The second kappa shape index (κ2) is 8.42. The molecule has 0 aliphatic rings. The summed E-state index contributed by atoms with van der Waals surface area (Å²) in [6.45, 7) is 1.32. The number of alkyl halides is 3. The molecule has 2 N–H and O–H groups in total. The minimum absolute atomic E-state index is 0.222. The molecule has 2 atom stereocenters. The van der Waals surface area contributed by atoms with Crippen LogP contribution in [0.4, 0.5) is 13.2 Å². The Labute approximate surface area is 158 Å². The molecule has 2 rings (SSSR count). The van der Waals surface area contributed by atoms with Gasteiger partial charge in [0, 0.05) is 19.3 Å². The van der Waals surface area contributed by atoms with Crippen molar-refractivity contribution < 1.29 is 23.1 Å². The van der Waals surface area contributed by atoms with E-state index in [1.807, 2.05) is 0 Å². The SMILES string of the molecule is CCC(NC(=O)Cn1ccc(=O)n(C)c1=O)C(O)c1ccc(C(F)(F)F)cc1. The zero-order valence-corrected chi connectivity index (χ0v) is 15.2. The minimum Gasteiger partial charge on any atom is -0.386 e. The summed E-state index contributed by atoms with van der Waals surface area (Å²) in [6.07, 6.45) is -4.22. The van der Waals surface area contributed by atoms with Gasteiger partial charge in [-0.1, -0.05) is 19.1 Å². The van der Waals surface area contributed by atoms with Crippen LogP contribution in [0.15, 0.2) is 46.1 Å². The first-order chi connectivity index (χ1) is 13.0. The van der Waals surface area contributed by atoms with Gasteiger partial charge in [0.15, 0.2) is 0 Å². The molecular formula is C18H20F3N3O4. The molecule has 0 aliphatic heterocycles. The molecule has 2 unspecified atom stereocenters. The van der Waals surface area contributed by atoms with Gasteiger partial charge in [-0.05, 0) is 24.1 Å². The van der Waals surface area contributed by atoms with Crippen LogP contribution in [0.2, 0.25) is 0 Å². The highest BCUT2D eigenvalue weighted by molar-refractivity contribution is 5.76. The van der Waals surface area contributed by atoms with Crippen LogP contribution in [-0.2, 0) is 24.6 Å². The predicted octanol–water partition coefficient (Wildman–Crippen LogP) is 1.19. The van der Waals surface area contributed by atoms with E-state index in [0.29, 0.717) is 6.42 Å². The zero-order chi connectivity index (χ0) is 21.1. The largest absolute Gasteiger partial charge is 0.416 e. The summed E-state index contributed by atoms with van der Waals surface area (Å²) in [5.74, 6) is -0.585. The van der Waals surface area contributed by atoms with Gasteiger partial charge >= 0.3 is 11.9 Å². The maximum Gasteiger partial charge on any atom is 0.416 e. The number of benzene rings is 1. The normalized spacial score (nSPS) is 13.8. The van der Waals surface area contributed by atoms with Crippen LogP contribution >= 0.6 is 0 Å². The second-order valence-electron chi connectivity index (χ2n) is 6.27. The third-order valence-electron chi connectivity index (χ3n) is 4.32. The average molecular weight is 399 g/mol. The van der Waals surface area contributed by atoms with Crippen molar-refractivity contribution in [3.8, 4) is 0 Å². The Kier molecular flexibility index (Phi) is 6.45. The molecule has 28 heavy (non-hydrogen) atoms. The first kappa shape index (κ1) is 21.4. The molecule has 1 aromatic heterocycles. The maximum absolute atomic E-state index is 12.6. The van der Waals surface area contributed by atoms with Gasteiger partial charge < -0.3 is 10.4 Å². The highest BCUT2D eigenvalue weighted by Gasteiger charge is 2.30. The number of nitrogens with zero attached hydrogens (tertiary/aromatic N) is 2. The summed E-state index contributed by atoms with van der Waals surface area (Å²) in [4.78, 5) is 35.6. The summed E-state index contributed by atoms with van der Waals surface area (Å²) in [7, 11) is 1.28. The van der Waals surface area contributed by atoms with Crippen LogP contribution in [0.3, 0.4) is 0 Å². The lowest BCUT2D eigenvalue weighted by molar-refractivity contribution is -0.137. The van der Waals surface area contributed by atoms with E-state index in [0.717, 1.165) is 39.5 Å². The smallest absolute Gasteiger partial charge is 0.386 e. The van der Waals surface area contributed by atoms with Crippen molar-refractivity contribution in [1.29, 1.82) is 0 Å². The molecule has 1 heterocycles. The lowest BCUT2D eigenvalue weighted by Crippen LogP contribution is -2.44. The summed E-state index contributed by atoms with van der Waals surface area (Å²) in [5.41, 5.74) is -1.79. The highest BCUT2D eigenvalue weighted by atomic mass is 19.4. The number of nitrogens with one attached hydrogen (secondary N) is 1. The number of amides is 1. The monoisotopic (exact) mass is 399 g/mol. The van der Waals surface area contributed by atoms with E-state index >= 15 is 0 Å². The van der Waals surface area contributed by atoms with Crippen LogP contribution in [-0.4, -0.2) is 26.2 Å². The molecule has 1 aromatic carbocycles. The number of aromatic nitrogens is 2. The number of rotatable bonds is 6. The number of halogens is 3. The number of carbonyl (C=O) groups is 1. The van der Waals surface area contributed by atoms with Crippen molar-refractivity contribution in [2.24, 2.45) is 7.05 Å². The van der Waals surface area contributed by atoms with Gasteiger partial charge in [-0.15, -0.1) is 0 Å². The molecule has 152 valence electrons. The van der Waals surface area contributed by atoms with E-state index in [-0.39, 0.29) is 12.1 Å². The van der Waals surface area contributed by atoms with Crippen molar-refractivity contribution in [3.63, 3.8) is 0 Å². The topological polar surface area (TPSA) is 93.3 Å². The zero-order valence-electron chi connectivity index (χ0n) is 15.2. The molecular weight excluding hydrogens is 379 g/mol. The molecule has 0 bridgehead atoms. The Morgan fingerprint density at radius 2 is 1.79 bits per heavy atom. The van der Waals surface area contributed by atoms with E-state index in [1.54, 1.807) is 6.92 Å². The van der Waals surface area contributed by atoms with Gasteiger partial charge in [-0.3, -0.25) is 18.7 Å².